The van der Waals surface area contributed by atoms with Gasteiger partial charge in [0.2, 0.25) is 11.8 Å². The zero-order valence-corrected chi connectivity index (χ0v) is 16.4. The number of nitrogens with one attached hydrogen (secondary N) is 2. The summed E-state index contributed by atoms with van der Waals surface area (Å²) >= 11 is 0. The summed E-state index contributed by atoms with van der Waals surface area (Å²) in [7, 11) is 2.92. The van der Waals surface area contributed by atoms with Gasteiger partial charge in [-0.15, -0.1) is 0 Å². The molecule has 8 nitrogen and oxygen atoms in total. The van der Waals surface area contributed by atoms with Gasteiger partial charge in [0.15, 0.2) is 0 Å². The van der Waals surface area contributed by atoms with Gasteiger partial charge in [0.25, 0.3) is 0 Å². The van der Waals surface area contributed by atoms with Crippen LogP contribution in [0.2, 0.25) is 0 Å². The summed E-state index contributed by atoms with van der Waals surface area (Å²) in [5.74, 6) is 0.123. The molecule has 1 fully saturated rings. The fraction of sp³-hybridized carbons (Fsp3) is 0.833. The predicted molar refractivity (Wildman–Crippen MR) is 97.6 cm³/mol. The molecule has 0 aliphatic carbocycles. The summed E-state index contributed by atoms with van der Waals surface area (Å²) in [5.41, 5.74) is 0. The number of ether oxygens (including phenoxy) is 2. The molecule has 150 valence electrons. The molecule has 1 saturated heterocycles. The molecule has 0 aromatic carbocycles. The van der Waals surface area contributed by atoms with Gasteiger partial charge >= 0.3 is 6.09 Å². The first kappa shape index (κ1) is 22.2. The van der Waals surface area contributed by atoms with Crippen LogP contribution in [-0.2, 0) is 19.1 Å². The highest BCUT2D eigenvalue weighted by Crippen LogP contribution is 2.19. The second kappa shape index (κ2) is 11.7. The second-order valence-corrected chi connectivity index (χ2v) is 7.05. The van der Waals surface area contributed by atoms with Crippen LogP contribution >= 0.6 is 0 Å². The molecule has 26 heavy (non-hydrogen) atoms. The largest absolute Gasteiger partial charge is 0.453 e. The van der Waals surface area contributed by atoms with Crippen LogP contribution in [0.25, 0.3) is 0 Å². The van der Waals surface area contributed by atoms with Gasteiger partial charge in [0, 0.05) is 39.3 Å². The standard InChI is InChI=1S/C18H33N3O5/c1-13(2)12-15(20-18(24)26-4)17(23)21-9-6-14(7-10-21)16(22)19-8-5-11-25-3/h13-15H,5-12H2,1-4H3,(H,19,22)(H,20,24). The van der Waals surface area contributed by atoms with Gasteiger partial charge in [-0.05, 0) is 31.6 Å². The van der Waals surface area contributed by atoms with E-state index in [2.05, 4.69) is 15.4 Å². The molecule has 3 amide bonds. The molecule has 0 aromatic rings. The summed E-state index contributed by atoms with van der Waals surface area (Å²) in [4.78, 5) is 38.2. The minimum Gasteiger partial charge on any atom is -0.453 e. The molecule has 1 rings (SSSR count). The Hall–Kier alpha value is -1.83. The average Bonchev–Trinajstić information content (AvgIpc) is 2.63. The lowest BCUT2D eigenvalue weighted by molar-refractivity contribution is -0.137. The van der Waals surface area contributed by atoms with Crippen molar-refractivity contribution in [2.24, 2.45) is 11.8 Å². The number of carbonyl (C=O) groups is 3. The van der Waals surface area contributed by atoms with E-state index in [1.165, 1.54) is 7.11 Å². The average molecular weight is 371 g/mol. The van der Waals surface area contributed by atoms with Crippen LogP contribution < -0.4 is 10.6 Å². The number of rotatable bonds is 9. The van der Waals surface area contributed by atoms with Crippen LogP contribution in [0.5, 0.6) is 0 Å². The maximum absolute atomic E-state index is 12.7. The van der Waals surface area contributed by atoms with E-state index in [4.69, 9.17) is 4.74 Å². The number of nitrogens with zero attached hydrogens (tertiary/aromatic N) is 1. The number of likely N-dealkylation sites (tertiary alicyclic amines) is 1. The summed E-state index contributed by atoms with van der Waals surface area (Å²) in [5, 5.41) is 5.54. The molecule has 2 N–H and O–H groups in total. The summed E-state index contributed by atoms with van der Waals surface area (Å²) in [6.07, 6.45) is 2.00. The number of alkyl carbamates (subject to hydrolysis) is 1. The van der Waals surface area contributed by atoms with E-state index in [1.54, 1.807) is 12.0 Å². The smallest absolute Gasteiger partial charge is 0.407 e. The first-order chi connectivity index (χ1) is 12.4. The molecule has 1 unspecified atom stereocenters. The third kappa shape index (κ3) is 7.59. The van der Waals surface area contributed by atoms with E-state index in [9.17, 15) is 14.4 Å². The summed E-state index contributed by atoms with van der Waals surface area (Å²) < 4.78 is 9.58. The first-order valence-electron chi connectivity index (χ1n) is 9.29. The Balaban J connectivity index is 2.49. The van der Waals surface area contributed by atoms with Crippen molar-refractivity contribution in [1.82, 2.24) is 15.5 Å². The summed E-state index contributed by atoms with van der Waals surface area (Å²) in [6.45, 7) is 6.26. The molecule has 8 heteroatoms. The zero-order valence-electron chi connectivity index (χ0n) is 16.4. The Labute approximate surface area is 156 Å². The number of piperidine rings is 1. The van der Waals surface area contributed by atoms with Gasteiger partial charge < -0.3 is 25.0 Å². The quantitative estimate of drug-likeness (QED) is 0.593. The van der Waals surface area contributed by atoms with Crippen molar-refractivity contribution in [3.05, 3.63) is 0 Å². The number of hydrogen-bond donors (Lipinski definition) is 2. The van der Waals surface area contributed by atoms with E-state index < -0.39 is 12.1 Å². The van der Waals surface area contributed by atoms with Gasteiger partial charge in [0.05, 0.1) is 7.11 Å². The van der Waals surface area contributed by atoms with Crippen molar-refractivity contribution in [3.8, 4) is 0 Å². The van der Waals surface area contributed by atoms with E-state index in [0.29, 0.717) is 45.5 Å². The van der Waals surface area contributed by atoms with Crippen molar-refractivity contribution in [3.63, 3.8) is 0 Å². The minimum absolute atomic E-state index is 0.0413. The SMILES string of the molecule is COCCCNC(=O)C1CCN(C(=O)C(CC(C)C)NC(=O)OC)CC1. The number of carbonyl (C=O) groups excluding carboxylic acids is 3. The van der Waals surface area contributed by atoms with Crippen LogP contribution in [0.15, 0.2) is 0 Å². The lowest BCUT2D eigenvalue weighted by Gasteiger charge is -2.34. The second-order valence-electron chi connectivity index (χ2n) is 7.05. The van der Waals surface area contributed by atoms with E-state index in [-0.39, 0.29) is 23.7 Å². The van der Waals surface area contributed by atoms with Crippen molar-refractivity contribution in [2.75, 3.05) is 40.5 Å². The van der Waals surface area contributed by atoms with Crippen LogP contribution in [0.3, 0.4) is 0 Å². The van der Waals surface area contributed by atoms with Gasteiger partial charge in [-0.3, -0.25) is 9.59 Å². The number of hydrogen-bond acceptors (Lipinski definition) is 5. The van der Waals surface area contributed by atoms with Gasteiger partial charge in [-0.25, -0.2) is 4.79 Å². The molecule has 0 saturated carbocycles. The van der Waals surface area contributed by atoms with Crippen molar-refractivity contribution in [1.29, 1.82) is 0 Å². The summed E-state index contributed by atoms with van der Waals surface area (Å²) in [6, 6.07) is -0.595. The minimum atomic E-state index is -0.602. The van der Waals surface area contributed by atoms with Crippen LogP contribution in [0.1, 0.15) is 39.5 Å². The molecular formula is C18H33N3O5. The van der Waals surface area contributed by atoms with Gasteiger partial charge in [-0.2, -0.15) is 0 Å². The third-order valence-corrected chi connectivity index (χ3v) is 4.48. The lowest BCUT2D eigenvalue weighted by atomic mass is 9.94. The van der Waals surface area contributed by atoms with Crippen LogP contribution in [-0.4, -0.2) is 69.3 Å². The number of methoxy groups -OCH3 is 2. The molecule has 0 spiro atoms. The maximum Gasteiger partial charge on any atom is 0.407 e. The Bertz CT molecular complexity index is 462. The van der Waals surface area contributed by atoms with E-state index in [1.807, 2.05) is 13.8 Å². The lowest BCUT2D eigenvalue weighted by Crippen LogP contribution is -2.52. The zero-order chi connectivity index (χ0) is 19.5. The maximum atomic E-state index is 12.7. The van der Waals surface area contributed by atoms with Crippen LogP contribution in [0.4, 0.5) is 4.79 Å². The Morgan fingerprint density at radius 1 is 1.15 bits per heavy atom. The van der Waals surface area contributed by atoms with Gasteiger partial charge in [-0.1, -0.05) is 13.8 Å². The molecule has 0 aromatic heterocycles. The third-order valence-electron chi connectivity index (χ3n) is 4.48. The molecule has 0 radical (unpaired) electrons. The predicted octanol–water partition coefficient (Wildman–Crippen LogP) is 1.15. The van der Waals surface area contributed by atoms with Crippen LogP contribution in [0, 0.1) is 11.8 Å². The fourth-order valence-electron chi connectivity index (χ4n) is 3.05. The monoisotopic (exact) mass is 371 g/mol. The van der Waals surface area contributed by atoms with Gasteiger partial charge in [0.1, 0.15) is 6.04 Å². The highest BCUT2D eigenvalue weighted by Gasteiger charge is 2.31. The van der Waals surface area contributed by atoms with E-state index in [0.717, 1.165) is 6.42 Å². The molecule has 1 aliphatic heterocycles. The molecule has 0 bridgehead atoms. The molecule has 1 atom stereocenters. The van der Waals surface area contributed by atoms with Crippen molar-refractivity contribution >= 4 is 17.9 Å². The van der Waals surface area contributed by atoms with Crippen molar-refractivity contribution < 1.29 is 23.9 Å². The molecule has 1 aliphatic rings. The number of amides is 3. The topological polar surface area (TPSA) is 97.0 Å². The molecule has 1 heterocycles. The highest BCUT2D eigenvalue weighted by molar-refractivity contribution is 5.86. The normalized spacial score (nSPS) is 16.3. The Morgan fingerprint density at radius 3 is 2.35 bits per heavy atom. The molecular weight excluding hydrogens is 338 g/mol. The Morgan fingerprint density at radius 2 is 1.81 bits per heavy atom. The Kier molecular flexibility index (Phi) is 10.0. The fourth-order valence-corrected chi connectivity index (χ4v) is 3.05. The van der Waals surface area contributed by atoms with E-state index >= 15 is 0 Å². The van der Waals surface area contributed by atoms with Crippen molar-refractivity contribution in [2.45, 2.75) is 45.6 Å². The highest BCUT2D eigenvalue weighted by atomic mass is 16.5. The first-order valence-corrected chi connectivity index (χ1v) is 9.29.